The van der Waals surface area contributed by atoms with Gasteiger partial charge in [0.1, 0.15) is 5.75 Å². The fraction of sp³-hybridized carbons (Fsp3) is 0.350. The maximum absolute atomic E-state index is 12.5. The molecule has 0 aliphatic carbocycles. The van der Waals surface area contributed by atoms with E-state index in [0.717, 1.165) is 30.5 Å². The Morgan fingerprint density at radius 3 is 2.56 bits per heavy atom. The zero-order chi connectivity index (χ0) is 19.9. The Morgan fingerprint density at radius 2 is 1.89 bits per heavy atom. The van der Waals surface area contributed by atoms with Crippen molar-refractivity contribution in [2.75, 3.05) is 5.32 Å². The van der Waals surface area contributed by atoms with Gasteiger partial charge in [0.15, 0.2) is 5.11 Å². The Hall–Kier alpha value is -2.28. The normalized spacial score (nSPS) is 11.1. The van der Waals surface area contributed by atoms with E-state index in [1.165, 1.54) is 17.7 Å². The molecule has 0 saturated carbocycles. The molecule has 2 aromatic rings. The molecular weight excluding hydrogens is 373 g/mol. The molecule has 0 spiro atoms. The molecule has 2 N–H and O–H groups in total. The lowest BCUT2D eigenvalue weighted by Gasteiger charge is -2.16. The van der Waals surface area contributed by atoms with Gasteiger partial charge in [-0.3, -0.25) is 0 Å². The van der Waals surface area contributed by atoms with Gasteiger partial charge >= 0.3 is 6.36 Å². The summed E-state index contributed by atoms with van der Waals surface area (Å²) in [7, 11) is 0. The average Bonchev–Trinajstić information content (AvgIpc) is 2.60. The highest BCUT2D eigenvalue weighted by Gasteiger charge is 2.31. The number of thiocarbonyl (C=S) groups is 1. The first kappa shape index (κ1) is 21.0. The molecule has 0 radical (unpaired) electrons. The Balaban J connectivity index is 1.95. The quantitative estimate of drug-likeness (QED) is 0.586. The third-order valence-electron chi connectivity index (χ3n) is 4.00. The van der Waals surface area contributed by atoms with Crippen LogP contribution in [0.5, 0.6) is 5.75 Å². The van der Waals surface area contributed by atoms with E-state index in [0.29, 0.717) is 10.7 Å². The highest BCUT2D eigenvalue weighted by atomic mass is 32.1. The Kier molecular flexibility index (Phi) is 7.47. The summed E-state index contributed by atoms with van der Waals surface area (Å²) in [5.41, 5.74) is 3.57. The average molecular weight is 396 g/mol. The largest absolute Gasteiger partial charge is 0.573 e. The van der Waals surface area contributed by atoms with Crippen molar-refractivity contribution in [1.29, 1.82) is 0 Å². The van der Waals surface area contributed by atoms with Crippen LogP contribution in [0.3, 0.4) is 0 Å². The van der Waals surface area contributed by atoms with Crippen molar-refractivity contribution in [2.24, 2.45) is 0 Å². The Morgan fingerprint density at radius 1 is 1.15 bits per heavy atom. The molecule has 0 amide bonds. The predicted octanol–water partition coefficient (Wildman–Crippen LogP) is 5.72. The van der Waals surface area contributed by atoms with Crippen molar-refractivity contribution in [1.82, 2.24) is 5.32 Å². The number of halogens is 3. The first-order valence-electron chi connectivity index (χ1n) is 8.76. The molecule has 0 aliphatic rings. The van der Waals surface area contributed by atoms with Crippen LogP contribution >= 0.6 is 12.2 Å². The summed E-state index contributed by atoms with van der Waals surface area (Å²) in [5, 5.41) is 6.35. The van der Waals surface area contributed by atoms with Gasteiger partial charge in [-0.15, -0.1) is 13.2 Å². The molecule has 2 rings (SSSR count). The molecule has 0 unspecified atom stereocenters. The van der Waals surface area contributed by atoms with Gasteiger partial charge < -0.3 is 15.4 Å². The molecule has 3 nitrogen and oxygen atoms in total. The maximum Gasteiger partial charge on any atom is 0.573 e. The van der Waals surface area contributed by atoms with Crippen LogP contribution in [0.4, 0.5) is 18.9 Å². The van der Waals surface area contributed by atoms with Gasteiger partial charge in [-0.2, -0.15) is 0 Å². The topological polar surface area (TPSA) is 33.3 Å². The van der Waals surface area contributed by atoms with Gasteiger partial charge in [0.05, 0.1) is 0 Å². The number of ether oxygens (including phenoxy) is 1. The number of aryl methyl sites for hydroxylation is 2. The van der Waals surface area contributed by atoms with Crippen LogP contribution in [0.1, 0.15) is 36.5 Å². The predicted molar refractivity (Wildman–Crippen MR) is 106 cm³/mol. The van der Waals surface area contributed by atoms with Gasteiger partial charge in [-0.05, 0) is 55.2 Å². The van der Waals surface area contributed by atoms with E-state index in [9.17, 15) is 13.2 Å². The number of anilines is 1. The van der Waals surface area contributed by atoms with E-state index in [2.05, 4.69) is 34.4 Å². The second kappa shape index (κ2) is 9.60. The maximum atomic E-state index is 12.5. The second-order valence-electron chi connectivity index (χ2n) is 6.22. The Labute approximate surface area is 162 Å². The van der Waals surface area contributed by atoms with Crippen molar-refractivity contribution in [3.05, 3.63) is 59.2 Å². The van der Waals surface area contributed by atoms with Gasteiger partial charge in [0, 0.05) is 17.8 Å². The first-order chi connectivity index (χ1) is 12.8. The van der Waals surface area contributed by atoms with Gasteiger partial charge in [-0.25, -0.2) is 0 Å². The summed E-state index contributed by atoms with van der Waals surface area (Å²) in [4.78, 5) is 0. The molecule has 0 aromatic heterocycles. The molecule has 0 bridgehead atoms. The van der Waals surface area contributed by atoms with Crippen LogP contribution in [0.15, 0.2) is 42.5 Å². The van der Waals surface area contributed by atoms with E-state index in [4.69, 9.17) is 12.2 Å². The lowest BCUT2D eigenvalue weighted by Crippen LogP contribution is -2.28. The number of nitrogens with one attached hydrogen (secondary N) is 2. The van der Waals surface area contributed by atoms with Crippen LogP contribution in [0, 0.1) is 6.92 Å². The van der Waals surface area contributed by atoms with Crippen LogP contribution in [-0.2, 0) is 13.0 Å². The van der Waals surface area contributed by atoms with Gasteiger partial charge in [0.25, 0.3) is 0 Å². The van der Waals surface area contributed by atoms with Crippen LogP contribution in [0.2, 0.25) is 0 Å². The molecule has 0 fully saturated rings. The third kappa shape index (κ3) is 7.09. The molecule has 7 heteroatoms. The lowest BCUT2D eigenvalue weighted by molar-refractivity contribution is -0.274. The summed E-state index contributed by atoms with van der Waals surface area (Å²) >= 11 is 5.27. The van der Waals surface area contributed by atoms with E-state index >= 15 is 0 Å². The van der Waals surface area contributed by atoms with E-state index in [-0.39, 0.29) is 12.3 Å². The molecule has 0 heterocycles. The van der Waals surface area contributed by atoms with Crippen molar-refractivity contribution < 1.29 is 17.9 Å². The van der Waals surface area contributed by atoms with Crippen molar-refractivity contribution in [3.63, 3.8) is 0 Å². The minimum Gasteiger partial charge on any atom is -0.405 e. The lowest BCUT2D eigenvalue weighted by atomic mass is 10.0. The number of benzene rings is 2. The fourth-order valence-electron chi connectivity index (χ4n) is 2.62. The first-order valence-corrected chi connectivity index (χ1v) is 9.17. The zero-order valence-electron chi connectivity index (χ0n) is 15.3. The summed E-state index contributed by atoms with van der Waals surface area (Å²) in [6.07, 6.45) is -1.40. The van der Waals surface area contributed by atoms with Gasteiger partial charge in [0.2, 0.25) is 0 Å². The van der Waals surface area contributed by atoms with Crippen LogP contribution < -0.4 is 15.4 Å². The van der Waals surface area contributed by atoms with Crippen molar-refractivity contribution in [3.8, 4) is 5.75 Å². The fourth-order valence-corrected chi connectivity index (χ4v) is 2.80. The summed E-state index contributed by atoms with van der Waals surface area (Å²) in [6, 6.07) is 12.1. The second-order valence-corrected chi connectivity index (χ2v) is 6.62. The number of alkyl halides is 3. The molecule has 0 aliphatic heterocycles. The summed E-state index contributed by atoms with van der Waals surface area (Å²) < 4.78 is 41.5. The molecular formula is C20H23F3N2OS. The molecule has 0 saturated heterocycles. The highest BCUT2D eigenvalue weighted by molar-refractivity contribution is 7.80. The minimum absolute atomic E-state index is 0.117. The van der Waals surface area contributed by atoms with E-state index in [1.54, 1.807) is 12.1 Å². The smallest absolute Gasteiger partial charge is 0.405 e. The number of para-hydroxylation sites is 1. The number of unbranched alkanes of at least 4 members (excludes halogenated alkanes) is 1. The van der Waals surface area contributed by atoms with Crippen LogP contribution in [-0.4, -0.2) is 11.5 Å². The van der Waals surface area contributed by atoms with E-state index in [1.807, 2.05) is 13.0 Å². The highest BCUT2D eigenvalue weighted by Crippen LogP contribution is 2.26. The minimum atomic E-state index is -4.73. The molecule has 27 heavy (non-hydrogen) atoms. The number of hydrogen-bond acceptors (Lipinski definition) is 2. The monoisotopic (exact) mass is 396 g/mol. The van der Waals surface area contributed by atoms with Crippen molar-refractivity contribution in [2.45, 2.75) is 46.0 Å². The zero-order valence-corrected chi connectivity index (χ0v) is 16.1. The van der Waals surface area contributed by atoms with Gasteiger partial charge in [-0.1, -0.05) is 43.7 Å². The number of rotatable bonds is 7. The van der Waals surface area contributed by atoms with Crippen molar-refractivity contribution >= 4 is 23.0 Å². The SMILES string of the molecule is CCCCc1ccc(NC(=S)NCc2ccccc2OC(F)(F)F)c(C)c1. The third-order valence-corrected chi connectivity index (χ3v) is 4.24. The van der Waals surface area contributed by atoms with E-state index < -0.39 is 6.36 Å². The summed E-state index contributed by atoms with van der Waals surface area (Å²) in [6.45, 7) is 4.27. The number of hydrogen-bond donors (Lipinski definition) is 2. The Bertz CT molecular complexity index is 778. The van der Waals surface area contributed by atoms with Crippen LogP contribution in [0.25, 0.3) is 0 Å². The summed E-state index contributed by atoms with van der Waals surface area (Å²) in [5.74, 6) is -0.239. The molecule has 146 valence electrons. The standard InChI is InChI=1S/C20H23F3N2OS/c1-3-4-7-15-10-11-17(14(2)12-15)25-19(27)24-13-16-8-5-6-9-18(16)26-20(21,22)23/h5-6,8-12H,3-4,7,13H2,1-2H3,(H2,24,25,27). The molecule has 0 atom stereocenters. The molecule has 2 aromatic carbocycles.